The summed E-state index contributed by atoms with van der Waals surface area (Å²) in [4.78, 5) is 15.0. The molecular formula is C23H22Cl2N2O4S. The highest BCUT2D eigenvalue weighted by molar-refractivity contribution is 7.89. The molecule has 0 radical (unpaired) electrons. The first-order chi connectivity index (χ1) is 15.4. The first kappa shape index (κ1) is 22.9. The first-order valence-corrected chi connectivity index (χ1v) is 12.4. The van der Waals surface area contributed by atoms with Crippen molar-refractivity contribution >= 4 is 44.8 Å². The van der Waals surface area contributed by atoms with Crippen LogP contribution in [0.4, 0.5) is 5.69 Å². The van der Waals surface area contributed by atoms with Crippen molar-refractivity contribution in [2.24, 2.45) is 5.92 Å². The Kier molecular flexibility index (Phi) is 6.90. The van der Waals surface area contributed by atoms with Gasteiger partial charge in [0.1, 0.15) is 10.7 Å². The van der Waals surface area contributed by atoms with Gasteiger partial charge in [0.2, 0.25) is 15.9 Å². The summed E-state index contributed by atoms with van der Waals surface area (Å²) in [5, 5.41) is 0.175. The standard InChI is InChI=1S/C23H22Cl2N2O4S/c24-20-9-4-10-21(25)22(20)32(29,30)26-13-11-17(12-14-26)23(28)27(16-19-8-5-15-31-19)18-6-2-1-3-7-18/h1-10,15,17H,11-14,16H2. The summed E-state index contributed by atoms with van der Waals surface area (Å²) in [5.41, 5.74) is 0.770. The van der Waals surface area contributed by atoms with Crippen molar-refractivity contribution in [3.63, 3.8) is 0 Å². The molecule has 0 aliphatic carbocycles. The van der Waals surface area contributed by atoms with Crippen molar-refractivity contribution in [2.45, 2.75) is 24.3 Å². The molecule has 6 nitrogen and oxygen atoms in total. The van der Waals surface area contributed by atoms with Crippen molar-refractivity contribution in [1.29, 1.82) is 0 Å². The van der Waals surface area contributed by atoms with Crippen LogP contribution in [0.25, 0.3) is 0 Å². The fraction of sp³-hybridized carbons (Fsp3) is 0.261. The monoisotopic (exact) mass is 492 g/mol. The van der Waals surface area contributed by atoms with E-state index in [0.717, 1.165) is 5.69 Å². The Morgan fingerprint density at radius 1 is 0.969 bits per heavy atom. The summed E-state index contributed by atoms with van der Waals surface area (Å²) in [6.45, 7) is 0.733. The van der Waals surface area contributed by atoms with Crippen molar-refractivity contribution in [3.05, 3.63) is 82.7 Å². The van der Waals surface area contributed by atoms with Gasteiger partial charge in [0, 0.05) is 24.7 Å². The number of furan rings is 1. The first-order valence-electron chi connectivity index (χ1n) is 10.2. The fourth-order valence-electron chi connectivity index (χ4n) is 3.88. The van der Waals surface area contributed by atoms with Gasteiger partial charge in [0.15, 0.2) is 0 Å². The van der Waals surface area contributed by atoms with Crippen LogP contribution in [0.2, 0.25) is 10.0 Å². The van der Waals surface area contributed by atoms with Gasteiger partial charge in [-0.3, -0.25) is 4.79 Å². The predicted octanol–water partition coefficient (Wildman–Crippen LogP) is 5.22. The Bertz CT molecular complexity index is 1160. The summed E-state index contributed by atoms with van der Waals surface area (Å²) in [5.74, 6) is 0.314. The van der Waals surface area contributed by atoms with E-state index in [9.17, 15) is 13.2 Å². The maximum Gasteiger partial charge on any atom is 0.246 e. The van der Waals surface area contributed by atoms with Crippen LogP contribution in [0, 0.1) is 5.92 Å². The van der Waals surface area contributed by atoms with E-state index in [1.54, 1.807) is 23.3 Å². The van der Waals surface area contributed by atoms with Crippen LogP contribution in [0.3, 0.4) is 0 Å². The lowest BCUT2D eigenvalue weighted by Gasteiger charge is -2.33. The molecule has 9 heteroatoms. The van der Waals surface area contributed by atoms with Crippen LogP contribution in [-0.2, 0) is 21.4 Å². The number of piperidine rings is 1. The molecule has 0 N–H and O–H groups in total. The van der Waals surface area contributed by atoms with E-state index >= 15 is 0 Å². The third-order valence-electron chi connectivity index (χ3n) is 5.55. The Morgan fingerprint density at radius 2 is 1.62 bits per heavy atom. The number of rotatable bonds is 6. The molecule has 2 aromatic carbocycles. The van der Waals surface area contributed by atoms with E-state index in [0.29, 0.717) is 25.1 Å². The zero-order chi connectivity index (χ0) is 22.7. The number of anilines is 1. The van der Waals surface area contributed by atoms with Crippen LogP contribution < -0.4 is 4.90 Å². The van der Waals surface area contributed by atoms with E-state index < -0.39 is 10.0 Å². The van der Waals surface area contributed by atoms with Crippen molar-refractivity contribution < 1.29 is 17.6 Å². The zero-order valence-corrected chi connectivity index (χ0v) is 19.5. The third kappa shape index (κ3) is 4.71. The molecule has 3 aromatic rings. The number of amides is 1. The smallest absolute Gasteiger partial charge is 0.246 e. The number of benzene rings is 2. The Labute approximate surface area is 197 Å². The second-order valence-electron chi connectivity index (χ2n) is 7.57. The van der Waals surface area contributed by atoms with Gasteiger partial charge in [-0.2, -0.15) is 4.31 Å². The predicted molar refractivity (Wildman–Crippen MR) is 124 cm³/mol. The number of para-hydroxylation sites is 1. The summed E-state index contributed by atoms with van der Waals surface area (Å²) in [7, 11) is -3.86. The average Bonchev–Trinajstić information content (AvgIpc) is 3.31. The van der Waals surface area contributed by atoms with Crippen LogP contribution in [-0.4, -0.2) is 31.7 Å². The molecule has 1 aromatic heterocycles. The van der Waals surface area contributed by atoms with Crippen molar-refractivity contribution in [2.75, 3.05) is 18.0 Å². The molecule has 168 valence electrons. The van der Waals surface area contributed by atoms with Gasteiger partial charge < -0.3 is 9.32 Å². The fourth-order valence-corrected chi connectivity index (χ4v) is 6.45. The number of nitrogens with zero attached hydrogens (tertiary/aromatic N) is 2. The summed E-state index contributed by atoms with van der Waals surface area (Å²) in [6.07, 6.45) is 2.38. The zero-order valence-electron chi connectivity index (χ0n) is 17.2. The molecule has 1 saturated heterocycles. The average molecular weight is 493 g/mol. The molecule has 2 heterocycles. The van der Waals surface area contributed by atoms with Gasteiger partial charge in [-0.05, 0) is 49.2 Å². The van der Waals surface area contributed by atoms with E-state index in [2.05, 4.69) is 0 Å². The van der Waals surface area contributed by atoms with E-state index in [1.165, 1.54) is 16.4 Å². The van der Waals surface area contributed by atoms with Crippen molar-refractivity contribution in [3.8, 4) is 0 Å². The lowest BCUT2D eigenvalue weighted by molar-refractivity contribution is -0.123. The highest BCUT2D eigenvalue weighted by Gasteiger charge is 2.36. The van der Waals surface area contributed by atoms with Gasteiger partial charge in [-0.1, -0.05) is 47.5 Å². The molecule has 0 saturated carbocycles. The van der Waals surface area contributed by atoms with Gasteiger partial charge in [0.25, 0.3) is 0 Å². The molecule has 1 aliphatic heterocycles. The number of hydrogen-bond donors (Lipinski definition) is 0. The highest BCUT2D eigenvalue weighted by atomic mass is 35.5. The molecule has 0 bridgehead atoms. The van der Waals surface area contributed by atoms with E-state index in [1.807, 2.05) is 36.4 Å². The topological polar surface area (TPSA) is 70.8 Å². The molecule has 0 spiro atoms. The Hall–Kier alpha value is -2.32. The number of hydrogen-bond acceptors (Lipinski definition) is 4. The lowest BCUT2D eigenvalue weighted by atomic mass is 9.96. The summed E-state index contributed by atoms with van der Waals surface area (Å²) < 4.78 is 33.0. The molecule has 4 rings (SSSR count). The van der Waals surface area contributed by atoms with Crippen LogP contribution in [0.1, 0.15) is 18.6 Å². The van der Waals surface area contributed by atoms with Crippen molar-refractivity contribution in [1.82, 2.24) is 4.31 Å². The van der Waals surface area contributed by atoms with Crippen LogP contribution in [0.15, 0.2) is 76.2 Å². The molecule has 0 unspecified atom stereocenters. The van der Waals surface area contributed by atoms with Gasteiger partial charge in [0.05, 0.1) is 22.9 Å². The second kappa shape index (κ2) is 9.67. The lowest BCUT2D eigenvalue weighted by Crippen LogP contribution is -2.44. The van der Waals surface area contributed by atoms with E-state index in [4.69, 9.17) is 27.6 Å². The molecule has 1 fully saturated rings. The number of halogens is 2. The largest absolute Gasteiger partial charge is 0.467 e. The summed E-state index contributed by atoms with van der Waals surface area (Å²) in [6, 6.07) is 17.6. The molecular weight excluding hydrogens is 471 g/mol. The van der Waals surface area contributed by atoms with E-state index in [-0.39, 0.29) is 39.9 Å². The molecule has 1 aliphatic rings. The summed E-state index contributed by atoms with van der Waals surface area (Å²) >= 11 is 12.3. The molecule has 1 amide bonds. The Morgan fingerprint density at radius 3 is 2.22 bits per heavy atom. The minimum Gasteiger partial charge on any atom is -0.467 e. The number of sulfonamides is 1. The highest BCUT2D eigenvalue weighted by Crippen LogP contribution is 2.34. The third-order valence-corrected chi connectivity index (χ3v) is 8.40. The quantitative estimate of drug-likeness (QED) is 0.472. The van der Waals surface area contributed by atoms with Gasteiger partial charge >= 0.3 is 0 Å². The van der Waals surface area contributed by atoms with Crippen LogP contribution in [0.5, 0.6) is 0 Å². The number of carbonyl (C=O) groups is 1. The SMILES string of the molecule is O=C(C1CCN(S(=O)(=O)c2c(Cl)cccc2Cl)CC1)N(Cc1ccco1)c1ccccc1. The maximum atomic E-state index is 13.4. The van der Waals surface area contributed by atoms with Gasteiger partial charge in [-0.15, -0.1) is 0 Å². The number of carbonyl (C=O) groups excluding carboxylic acids is 1. The molecule has 32 heavy (non-hydrogen) atoms. The minimum absolute atomic E-state index is 0.0552. The Balaban J connectivity index is 1.50. The van der Waals surface area contributed by atoms with Crippen LogP contribution >= 0.6 is 23.2 Å². The normalized spacial score (nSPS) is 15.6. The second-order valence-corrected chi connectivity index (χ2v) is 10.3. The minimum atomic E-state index is -3.86. The molecule has 0 atom stereocenters. The van der Waals surface area contributed by atoms with Gasteiger partial charge in [-0.25, -0.2) is 8.42 Å². The maximum absolute atomic E-state index is 13.4.